The van der Waals surface area contributed by atoms with E-state index in [9.17, 15) is 9.59 Å². The average Bonchev–Trinajstić information content (AvgIpc) is 2.81. The van der Waals surface area contributed by atoms with Gasteiger partial charge in [0.1, 0.15) is 11.4 Å². The van der Waals surface area contributed by atoms with Crippen molar-refractivity contribution in [3.05, 3.63) is 107 Å². The lowest BCUT2D eigenvalue weighted by atomic mass is 10.1. The van der Waals surface area contributed by atoms with Crippen LogP contribution in [0, 0.1) is 0 Å². The molecule has 0 bridgehead atoms. The normalized spacial score (nSPS) is 12.0. The van der Waals surface area contributed by atoms with Gasteiger partial charge in [-0.1, -0.05) is 66.7 Å². The summed E-state index contributed by atoms with van der Waals surface area (Å²) in [4.78, 5) is 25.9. The molecule has 5 heteroatoms. The minimum absolute atomic E-state index is 0.142. The molecule has 0 aliphatic rings. The third-order valence-corrected chi connectivity index (χ3v) is 4.69. The standard InChI is InChI=1S/C26H26N2O3/c1-3-31-24-17-11-10-16-22(24)18-23(28-25(29)21-14-8-5-9-15-21)26(30)27-19(2)20-12-6-4-7-13-20/h4-19H,3H2,1-2H3,(H,27,30)(H,28,29)/b23-18-/t19-/m0/s1. The molecule has 0 radical (unpaired) electrons. The first-order chi connectivity index (χ1) is 15.1. The first-order valence-corrected chi connectivity index (χ1v) is 10.2. The molecule has 0 saturated heterocycles. The van der Waals surface area contributed by atoms with Crippen LogP contribution in [0.25, 0.3) is 6.08 Å². The number of nitrogens with one attached hydrogen (secondary N) is 2. The lowest BCUT2D eigenvalue weighted by molar-refractivity contribution is -0.118. The van der Waals surface area contributed by atoms with Crippen LogP contribution in [0.5, 0.6) is 5.75 Å². The quantitative estimate of drug-likeness (QED) is 0.524. The van der Waals surface area contributed by atoms with Gasteiger partial charge in [-0.2, -0.15) is 0 Å². The van der Waals surface area contributed by atoms with E-state index in [1.165, 1.54) is 0 Å². The van der Waals surface area contributed by atoms with Gasteiger partial charge in [-0.3, -0.25) is 9.59 Å². The highest BCUT2D eigenvalue weighted by Gasteiger charge is 2.18. The maximum absolute atomic E-state index is 13.1. The number of carbonyl (C=O) groups excluding carboxylic acids is 2. The van der Waals surface area contributed by atoms with Gasteiger partial charge >= 0.3 is 0 Å². The second kappa shape index (κ2) is 10.8. The van der Waals surface area contributed by atoms with Crippen LogP contribution < -0.4 is 15.4 Å². The fourth-order valence-electron chi connectivity index (χ4n) is 3.08. The number of amides is 2. The van der Waals surface area contributed by atoms with Crippen molar-refractivity contribution in [3.63, 3.8) is 0 Å². The molecule has 2 amide bonds. The van der Waals surface area contributed by atoms with Crippen LogP contribution in [0.4, 0.5) is 0 Å². The molecule has 3 aromatic carbocycles. The number of hydrogen-bond acceptors (Lipinski definition) is 3. The molecule has 158 valence electrons. The molecule has 0 unspecified atom stereocenters. The van der Waals surface area contributed by atoms with Crippen LogP contribution >= 0.6 is 0 Å². The molecule has 2 N–H and O–H groups in total. The lowest BCUT2D eigenvalue weighted by Gasteiger charge is -2.17. The second-order valence-corrected chi connectivity index (χ2v) is 6.95. The van der Waals surface area contributed by atoms with Crippen molar-refractivity contribution in [2.24, 2.45) is 0 Å². The summed E-state index contributed by atoms with van der Waals surface area (Å²) in [6, 6.07) is 25.6. The molecule has 1 atom stereocenters. The molecule has 31 heavy (non-hydrogen) atoms. The molecule has 0 fully saturated rings. The Bertz CT molecular complexity index is 1050. The van der Waals surface area contributed by atoms with Gasteiger partial charge in [-0.15, -0.1) is 0 Å². The first-order valence-electron chi connectivity index (χ1n) is 10.2. The fourth-order valence-corrected chi connectivity index (χ4v) is 3.08. The molecule has 0 aliphatic carbocycles. The maximum Gasteiger partial charge on any atom is 0.268 e. The summed E-state index contributed by atoms with van der Waals surface area (Å²) in [7, 11) is 0. The van der Waals surface area contributed by atoms with Crippen LogP contribution in [0.1, 0.15) is 41.4 Å². The van der Waals surface area contributed by atoms with E-state index < -0.39 is 0 Å². The topological polar surface area (TPSA) is 67.4 Å². The lowest BCUT2D eigenvalue weighted by Crippen LogP contribution is -2.36. The van der Waals surface area contributed by atoms with E-state index in [-0.39, 0.29) is 23.6 Å². The van der Waals surface area contributed by atoms with Gasteiger partial charge in [0, 0.05) is 11.1 Å². The summed E-state index contributed by atoms with van der Waals surface area (Å²) in [6.45, 7) is 4.29. The molecular weight excluding hydrogens is 388 g/mol. The highest BCUT2D eigenvalue weighted by atomic mass is 16.5. The van der Waals surface area contributed by atoms with Crippen molar-refractivity contribution in [3.8, 4) is 5.75 Å². The number of benzene rings is 3. The summed E-state index contributed by atoms with van der Waals surface area (Å²) in [6.07, 6.45) is 1.64. The Morgan fingerprint density at radius 3 is 2.19 bits per heavy atom. The fraction of sp³-hybridized carbons (Fsp3) is 0.154. The SMILES string of the molecule is CCOc1ccccc1/C=C(\NC(=O)c1ccccc1)C(=O)N[C@@H](C)c1ccccc1. The van der Waals surface area contributed by atoms with Gasteiger partial charge in [0.05, 0.1) is 12.6 Å². The summed E-state index contributed by atoms with van der Waals surface area (Å²) >= 11 is 0. The zero-order chi connectivity index (χ0) is 22.1. The number of rotatable bonds is 8. The Hall–Kier alpha value is -3.86. The first kappa shape index (κ1) is 21.8. The minimum atomic E-state index is -0.382. The summed E-state index contributed by atoms with van der Waals surface area (Å²) in [5.74, 6) is -0.101. The van der Waals surface area contributed by atoms with Crippen molar-refractivity contribution in [1.82, 2.24) is 10.6 Å². The van der Waals surface area contributed by atoms with Crippen LogP contribution in [-0.2, 0) is 4.79 Å². The van der Waals surface area contributed by atoms with E-state index in [0.717, 1.165) is 5.56 Å². The summed E-state index contributed by atoms with van der Waals surface area (Å²) in [5.41, 5.74) is 2.29. The molecule has 0 heterocycles. The summed E-state index contributed by atoms with van der Waals surface area (Å²) < 4.78 is 5.67. The highest BCUT2D eigenvalue weighted by Crippen LogP contribution is 2.21. The van der Waals surface area contributed by atoms with Crippen LogP contribution in [0.2, 0.25) is 0 Å². The monoisotopic (exact) mass is 414 g/mol. The van der Waals surface area contributed by atoms with Gasteiger partial charge in [0.25, 0.3) is 11.8 Å². The Balaban J connectivity index is 1.90. The molecule has 0 aliphatic heterocycles. The molecule has 3 aromatic rings. The smallest absolute Gasteiger partial charge is 0.268 e. The van der Waals surface area contributed by atoms with Crippen LogP contribution in [0.15, 0.2) is 90.6 Å². The Labute approximate surface area is 182 Å². The van der Waals surface area contributed by atoms with Crippen molar-refractivity contribution >= 4 is 17.9 Å². The molecular formula is C26H26N2O3. The Kier molecular flexibility index (Phi) is 7.60. The number of para-hydroxylation sites is 1. The summed E-state index contributed by atoms with van der Waals surface area (Å²) in [5, 5.41) is 5.72. The van der Waals surface area contributed by atoms with E-state index in [2.05, 4.69) is 10.6 Å². The largest absolute Gasteiger partial charge is 0.493 e. The van der Waals surface area contributed by atoms with Crippen LogP contribution in [0.3, 0.4) is 0 Å². The van der Waals surface area contributed by atoms with Gasteiger partial charge in [0.2, 0.25) is 0 Å². The van der Waals surface area contributed by atoms with Crippen molar-refractivity contribution < 1.29 is 14.3 Å². The number of ether oxygens (including phenoxy) is 1. The maximum atomic E-state index is 13.1. The molecule has 3 rings (SSSR count). The highest BCUT2D eigenvalue weighted by molar-refractivity contribution is 6.05. The zero-order valence-electron chi connectivity index (χ0n) is 17.7. The van der Waals surface area contributed by atoms with Gasteiger partial charge in [0.15, 0.2) is 0 Å². The predicted octanol–water partition coefficient (Wildman–Crippen LogP) is 4.73. The van der Waals surface area contributed by atoms with E-state index >= 15 is 0 Å². The zero-order valence-corrected chi connectivity index (χ0v) is 17.7. The van der Waals surface area contributed by atoms with Crippen LogP contribution in [-0.4, -0.2) is 18.4 Å². The van der Waals surface area contributed by atoms with Crippen molar-refractivity contribution in [2.75, 3.05) is 6.61 Å². The van der Waals surface area contributed by atoms with Gasteiger partial charge in [-0.05, 0) is 43.7 Å². The minimum Gasteiger partial charge on any atom is -0.493 e. The third-order valence-electron chi connectivity index (χ3n) is 4.69. The third kappa shape index (κ3) is 6.06. The second-order valence-electron chi connectivity index (χ2n) is 6.95. The van der Waals surface area contributed by atoms with Crippen molar-refractivity contribution in [2.45, 2.75) is 19.9 Å². The average molecular weight is 415 g/mol. The van der Waals surface area contributed by atoms with Crippen molar-refractivity contribution in [1.29, 1.82) is 0 Å². The molecule has 0 aromatic heterocycles. The molecule has 0 spiro atoms. The Morgan fingerprint density at radius 2 is 1.52 bits per heavy atom. The van der Waals surface area contributed by atoms with E-state index in [1.807, 2.05) is 74.5 Å². The van der Waals surface area contributed by atoms with Gasteiger partial charge in [-0.25, -0.2) is 0 Å². The van der Waals surface area contributed by atoms with E-state index in [1.54, 1.807) is 30.3 Å². The van der Waals surface area contributed by atoms with E-state index in [4.69, 9.17) is 4.74 Å². The van der Waals surface area contributed by atoms with E-state index in [0.29, 0.717) is 23.5 Å². The predicted molar refractivity (Wildman–Crippen MR) is 122 cm³/mol. The molecule has 5 nitrogen and oxygen atoms in total. The Morgan fingerprint density at radius 1 is 0.903 bits per heavy atom. The number of hydrogen-bond donors (Lipinski definition) is 2. The van der Waals surface area contributed by atoms with Gasteiger partial charge < -0.3 is 15.4 Å². The molecule has 0 saturated carbocycles. The number of carbonyl (C=O) groups is 2.